The molecule has 0 unspecified atom stereocenters. The number of nitro benzene ring substituents is 1. The number of aliphatic hydroxyl groups excluding tert-OH is 1. The van der Waals surface area contributed by atoms with E-state index in [4.69, 9.17) is 9.47 Å². The lowest BCUT2D eigenvalue weighted by Gasteiger charge is -2.11. The van der Waals surface area contributed by atoms with Gasteiger partial charge in [-0.1, -0.05) is 0 Å². The molecule has 0 fully saturated rings. The second-order valence-corrected chi connectivity index (χ2v) is 3.21. The van der Waals surface area contributed by atoms with Crippen molar-refractivity contribution in [2.75, 3.05) is 14.2 Å². The molecule has 6 nitrogen and oxygen atoms in total. The summed E-state index contributed by atoms with van der Waals surface area (Å²) in [6.45, 7) is 1.52. The average Bonchev–Trinajstić information content (AvgIpc) is 2.26. The number of nitro groups is 1. The molecule has 0 aliphatic rings. The first-order valence-corrected chi connectivity index (χ1v) is 4.59. The largest absolute Gasteiger partial charge is 0.493 e. The third-order valence-corrected chi connectivity index (χ3v) is 2.16. The van der Waals surface area contributed by atoms with E-state index < -0.39 is 11.0 Å². The van der Waals surface area contributed by atoms with Crippen molar-refractivity contribution in [2.24, 2.45) is 0 Å². The molecule has 1 aromatic rings. The van der Waals surface area contributed by atoms with Gasteiger partial charge >= 0.3 is 5.69 Å². The average molecular weight is 227 g/mol. The fourth-order valence-electron chi connectivity index (χ4n) is 1.34. The van der Waals surface area contributed by atoms with Crippen LogP contribution >= 0.6 is 0 Å². The third-order valence-electron chi connectivity index (χ3n) is 2.16. The Morgan fingerprint density at radius 2 is 2.00 bits per heavy atom. The summed E-state index contributed by atoms with van der Waals surface area (Å²) < 4.78 is 9.89. The van der Waals surface area contributed by atoms with Gasteiger partial charge in [0.05, 0.1) is 25.2 Å². The zero-order chi connectivity index (χ0) is 12.3. The highest BCUT2D eigenvalue weighted by molar-refractivity contribution is 5.58. The van der Waals surface area contributed by atoms with Gasteiger partial charge in [0, 0.05) is 6.07 Å². The van der Waals surface area contributed by atoms with E-state index in [-0.39, 0.29) is 17.2 Å². The summed E-state index contributed by atoms with van der Waals surface area (Å²) in [5.74, 6) is 0.282. The van der Waals surface area contributed by atoms with E-state index in [1.807, 2.05) is 0 Å². The van der Waals surface area contributed by atoms with E-state index in [2.05, 4.69) is 0 Å². The van der Waals surface area contributed by atoms with Crippen molar-refractivity contribution in [1.29, 1.82) is 0 Å². The Hall–Kier alpha value is -1.82. The van der Waals surface area contributed by atoms with Gasteiger partial charge in [-0.05, 0) is 18.6 Å². The first-order valence-electron chi connectivity index (χ1n) is 4.59. The minimum Gasteiger partial charge on any atom is -0.493 e. The van der Waals surface area contributed by atoms with E-state index in [1.165, 1.54) is 33.3 Å². The zero-order valence-electron chi connectivity index (χ0n) is 9.26. The van der Waals surface area contributed by atoms with Gasteiger partial charge in [-0.15, -0.1) is 0 Å². The predicted molar refractivity (Wildman–Crippen MR) is 56.8 cm³/mol. The third kappa shape index (κ3) is 2.22. The first-order chi connectivity index (χ1) is 7.51. The molecule has 0 heterocycles. The molecule has 0 aromatic heterocycles. The van der Waals surface area contributed by atoms with Gasteiger partial charge in [-0.2, -0.15) is 0 Å². The Kier molecular flexibility index (Phi) is 3.68. The Morgan fingerprint density at radius 3 is 2.38 bits per heavy atom. The van der Waals surface area contributed by atoms with Crippen molar-refractivity contribution in [1.82, 2.24) is 0 Å². The highest BCUT2D eigenvalue weighted by atomic mass is 16.6. The van der Waals surface area contributed by atoms with Crippen LogP contribution in [0, 0.1) is 10.1 Å². The van der Waals surface area contributed by atoms with E-state index in [0.717, 1.165) is 0 Å². The molecule has 0 aliphatic carbocycles. The summed E-state index contributed by atoms with van der Waals surface area (Å²) in [5, 5.41) is 20.2. The lowest BCUT2D eigenvalue weighted by molar-refractivity contribution is -0.385. The maximum Gasteiger partial charge on any atom is 0.315 e. The number of benzene rings is 1. The quantitative estimate of drug-likeness (QED) is 0.624. The molecule has 16 heavy (non-hydrogen) atoms. The van der Waals surface area contributed by atoms with E-state index in [0.29, 0.717) is 5.56 Å². The summed E-state index contributed by atoms with van der Waals surface area (Å²) in [4.78, 5) is 10.2. The van der Waals surface area contributed by atoms with E-state index in [9.17, 15) is 15.2 Å². The van der Waals surface area contributed by atoms with Crippen LogP contribution in [0.5, 0.6) is 11.5 Å². The standard InChI is InChI=1S/C10H13NO5/c1-6(12)7-4-8(11(13)14)10(16-3)9(5-7)15-2/h4-6,12H,1-3H3/t6-/m0/s1. The number of rotatable bonds is 4. The Bertz CT molecular complexity index is 402. The number of hydrogen-bond donors (Lipinski definition) is 1. The summed E-state index contributed by atoms with van der Waals surface area (Å²) in [7, 11) is 2.71. The molecule has 0 amide bonds. The smallest absolute Gasteiger partial charge is 0.315 e. The molecular weight excluding hydrogens is 214 g/mol. The summed E-state index contributed by atoms with van der Waals surface area (Å²) in [6, 6.07) is 2.78. The number of ether oxygens (including phenoxy) is 2. The summed E-state index contributed by atoms with van der Waals surface area (Å²) in [6.07, 6.45) is -0.807. The Balaban J connectivity index is 3.43. The molecule has 6 heteroatoms. The monoisotopic (exact) mass is 227 g/mol. The van der Waals surface area contributed by atoms with Gasteiger partial charge < -0.3 is 14.6 Å². The molecule has 0 saturated heterocycles. The van der Waals surface area contributed by atoms with Crippen LogP contribution in [-0.2, 0) is 0 Å². The Labute approximate surface area is 92.6 Å². The molecule has 0 bridgehead atoms. The van der Waals surface area contributed by atoms with Crippen molar-refractivity contribution in [3.8, 4) is 11.5 Å². The Morgan fingerprint density at radius 1 is 1.38 bits per heavy atom. The molecule has 1 rings (SSSR count). The lowest BCUT2D eigenvalue weighted by Crippen LogP contribution is -2.00. The summed E-state index contributed by atoms with van der Waals surface area (Å²) in [5.41, 5.74) is 0.183. The van der Waals surface area contributed by atoms with Crippen LogP contribution in [0.25, 0.3) is 0 Å². The molecule has 0 aliphatic heterocycles. The molecular formula is C10H13NO5. The van der Waals surface area contributed by atoms with Crippen molar-refractivity contribution < 1.29 is 19.5 Å². The number of nitrogens with zero attached hydrogens (tertiary/aromatic N) is 1. The van der Waals surface area contributed by atoms with Crippen LogP contribution in [0.15, 0.2) is 12.1 Å². The van der Waals surface area contributed by atoms with Crippen molar-refractivity contribution in [3.05, 3.63) is 27.8 Å². The fourth-order valence-corrected chi connectivity index (χ4v) is 1.34. The van der Waals surface area contributed by atoms with Crippen LogP contribution in [0.3, 0.4) is 0 Å². The first kappa shape index (κ1) is 12.3. The molecule has 1 atom stereocenters. The highest BCUT2D eigenvalue weighted by Crippen LogP contribution is 2.39. The molecule has 0 saturated carbocycles. The normalized spacial score (nSPS) is 12.0. The van der Waals surface area contributed by atoms with Crippen LogP contribution in [0.1, 0.15) is 18.6 Å². The number of hydrogen-bond acceptors (Lipinski definition) is 5. The predicted octanol–water partition coefficient (Wildman–Crippen LogP) is 1.67. The molecule has 1 N–H and O–H groups in total. The van der Waals surface area contributed by atoms with Crippen LogP contribution in [0.4, 0.5) is 5.69 Å². The minimum atomic E-state index is -0.807. The van der Waals surface area contributed by atoms with Crippen molar-refractivity contribution in [2.45, 2.75) is 13.0 Å². The molecule has 88 valence electrons. The topological polar surface area (TPSA) is 81.8 Å². The van der Waals surface area contributed by atoms with E-state index in [1.54, 1.807) is 0 Å². The van der Waals surface area contributed by atoms with Gasteiger partial charge in [-0.25, -0.2) is 0 Å². The van der Waals surface area contributed by atoms with Crippen LogP contribution in [-0.4, -0.2) is 24.2 Å². The second-order valence-electron chi connectivity index (χ2n) is 3.21. The van der Waals surface area contributed by atoms with Gasteiger partial charge in [-0.3, -0.25) is 10.1 Å². The maximum atomic E-state index is 10.8. The minimum absolute atomic E-state index is 0.0527. The van der Waals surface area contributed by atoms with Gasteiger partial charge in [0.25, 0.3) is 0 Å². The molecule has 0 spiro atoms. The second kappa shape index (κ2) is 4.80. The summed E-state index contributed by atoms with van der Waals surface area (Å²) >= 11 is 0. The lowest BCUT2D eigenvalue weighted by atomic mass is 10.1. The SMILES string of the molecule is COc1cc([C@H](C)O)cc([N+](=O)[O-])c1OC. The fraction of sp³-hybridized carbons (Fsp3) is 0.400. The van der Waals surface area contributed by atoms with E-state index >= 15 is 0 Å². The highest BCUT2D eigenvalue weighted by Gasteiger charge is 2.22. The number of aliphatic hydroxyl groups is 1. The van der Waals surface area contributed by atoms with Crippen LogP contribution in [0.2, 0.25) is 0 Å². The molecule has 0 radical (unpaired) electrons. The van der Waals surface area contributed by atoms with Crippen molar-refractivity contribution in [3.63, 3.8) is 0 Å². The van der Waals surface area contributed by atoms with Gasteiger partial charge in [0.2, 0.25) is 5.75 Å². The van der Waals surface area contributed by atoms with Crippen molar-refractivity contribution >= 4 is 5.69 Å². The maximum absolute atomic E-state index is 10.8. The number of methoxy groups -OCH3 is 2. The zero-order valence-corrected chi connectivity index (χ0v) is 9.26. The molecule has 1 aromatic carbocycles. The van der Waals surface area contributed by atoms with Gasteiger partial charge in [0.15, 0.2) is 5.75 Å². The van der Waals surface area contributed by atoms with Crippen LogP contribution < -0.4 is 9.47 Å². The van der Waals surface area contributed by atoms with Gasteiger partial charge in [0.1, 0.15) is 0 Å².